The quantitative estimate of drug-likeness (QED) is 0.423. The first-order valence-electron chi connectivity index (χ1n) is 10.6. The highest BCUT2D eigenvalue weighted by Crippen LogP contribution is 2.17. The molecule has 31 heavy (non-hydrogen) atoms. The summed E-state index contributed by atoms with van der Waals surface area (Å²) in [6.45, 7) is 6.71. The highest BCUT2D eigenvalue weighted by atomic mass is 16.5. The molecule has 0 aliphatic heterocycles. The monoisotopic (exact) mass is 413 g/mol. The Morgan fingerprint density at radius 1 is 0.903 bits per heavy atom. The minimum Gasteiger partial charge on any atom is -0.494 e. The number of rotatable bonds is 8. The highest BCUT2D eigenvalue weighted by molar-refractivity contribution is 5.40. The van der Waals surface area contributed by atoms with Crippen LogP contribution >= 0.6 is 0 Å². The third kappa shape index (κ3) is 5.38. The summed E-state index contributed by atoms with van der Waals surface area (Å²) in [6, 6.07) is 24.1. The number of hydrogen-bond acceptors (Lipinski definition) is 4. The number of ether oxygens (including phenoxy) is 1. The molecule has 0 fully saturated rings. The zero-order chi connectivity index (χ0) is 21.6. The van der Waals surface area contributed by atoms with Crippen molar-refractivity contribution in [2.24, 2.45) is 0 Å². The van der Waals surface area contributed by atoms with Gasteiger partial charge in [-0.15, -0.1) is 0 Å². The largest absolute Gasteiger partial charge is 0.494 e. The minimum absolute atomic E-state index is 0.0515. The van der Waals surface area contributed by atoms with Gasteiger partial charge in [-0.25, -0.2) is 4.98 Å². The van der Waals surface area contributed by atoms with Gasteiger partial charge in [0.25, 0.3) is 5.56 Å². The Kier molecular flexibility index (Phi) is 6.43. The highest BCUT2D eigenvalue weighted by Gasteiger charge is 2.11. The predicted molar refractivity (Wildman–Crippen MR) is 123 cm³/mol. The molecule has 0 unspecified atom stereocenters. The van der Waals surface area contributed by atoms with Crippen LogP contribution in [-0.4, -0.2) is 20.9 Å². The predicted octanol–water partition coefficient (Wildman–Crippen LogP) is 4.60. The molecular formula is C26H27N3O2. The van der Waals surface area contributed by atoms with Crippen LogP contribution in [0.1, 0.15) is 29.3 Å². The Bertz CT molecular complexity index is 1200. The molecule has 2 aromatic heterocycles. The maximum Gasteiger partial charge on any atom is 0.258 e. The van der Waals surface area contributed by atoms with E-state index in [0.29, 0.717) is 18.8 Å². The molecular weight excluding hydrogens is 386 g/mol. The smallest absolute Gasteiger partial charge is 0.258 e. The maximum absolute atomic E-state index is 12.6. The summed E-state index contributed by atoms with van der Waals surface area (Å²) in [7, 11) is 0. The van der Waals surface area contributed by atoms with Crippen LogP contribution in [0.3, 0.4) is 0 Å². The van der Waals surface area contributed by atoms with Gasteiger partial charge in [-0.2, -0.15) is 0 Å². The second-order valence-corrected chi connectivity index (χ2v) is 7.73. The molecule has 0 bridgehead atoms. The number of pyridine rings is 1. The first-order valence-corrected chi connectivity index (χ1v) is 10.6. The molecule has 4 rings (SSSR count). The van der Waals surface area contributed by atoms with Crippen molar-refractivity contribution in [2.75, 3.05) is 6.61 Å². The van der Waals surface area contributed by atoms with E-state index in [0.717, 1.165) is 30.1 Å². The van der Waals surface area contributed by atoms with Crippen molar-refractivity contribution in [3.05, 3.63) is 112 Å². The fourth-order valence-electron chi connectivity index (χ4n) is 3.69. The van der Waals surface area contributed by atoms with Crippen molar-refractivity contribution >= 4 is 5.65 Å². The number of aryl methyl sites for hydroxylation is 1. The topological polar surface area (TPSA) is 46.8 Å². The number of fused-ring (bicyclic) bond motifs is 1. The van der Waals surface area contributed by atoms with Crippen molar-refractivity contribution in [1.82, 2.24) is 14.3 Å². The van der Waals surface area contributed by atoms with Crippen LogP contribution in [-0.2, 0) is 19.6 Å². The van der Waals surface area contributed by atoms with E-state index in [4.69, 9.17) is 9.72 Å². The molecule has 0 saturated carbocycles. The molecule has 0 atom stereocenters. The van der Waals surface area contributed by atoms with Gasteiger partial charge in [-0.3, -0.25) is 14.1 Å². The van der Waals surface area contributed by atoms with Gasteiger partial charge in [0.05, 0.1) is 12.3 Å². The number of aromatic nitrogens is 2. The molecule has 0 saturated heterocycles. The van der Waals surface area contributed by atoms with Crippen molar-refractivity contribution < 1.29 is 4.74 Å². The normalized spacial score (nSPS) is 11.2. The summed E-state index contributed by atoms with van der Waals surface area (Å²) in [6.07, 6.45) is 1.83. The van der Waals surface area contributed by atoms with E-state index in [1.54, 1.807) is 10.5 Å². The van der Waals surface area contributed by atoms with E-state index in [1.165, 1.54) is 11.1 Å². The van der Waals surface area contributed by atoms with E-state index in [1.807, 2.05) is 62.5 Å². The summed E-state index contributed by atoms with van der Waals surface area (Å²) in [5.41, 5.74) is 4.84. The summed E-state index contributed by atoms with van der Waals surface area (Å²) >= 11 is 0. The van der Waals surface area contributed by atoms with Gasteiger partial charge in [-0.05, 0) is 48.7 Å². The third-order valence-electron chi connectivity index (χ3n) is 5.14. The van der Waals surface area contributed by atoms with Crippen LogP contribution in [0.5, 0.6) is 5.75 Å². The second-order valence-electron chi connectivity index (χ2n) is 7.73. The van der Waals surface area contributed by atoms with Crippen LogP contribution in [0.25, 0.3) is 5.65 Å². The molecule has 2 heterocycles. The molecule has 0 amide bonds. The SMILES string of the molecule is CCOc1ccc(CN(Cc2ccccc2)Cc2cc(=O)n3cc(C)ccc3n2)cc1. The van der Waals surface area contributed by atoms with E-state index in [2.05, 4.69) is 29.2 Å². The van der Waals surface area contributed by atoms with Gasteiger partial charge in [0.1, 0.15) is 11.4 Å². The van der Waals surface area contributed by atoms with Crippen molar-refractivity contribution in [1.29, 1.82) is 0 Å². The van der Waals surface area contributed by atoms with Crippen molar-refractivity contribution in [3.63, 3.8) is 0 Å². The average Bonchev–Trinajstić information content (AvgIpc) is 2.77. The number of nitrogens with zero attached hydrogens (tertiary/aromatic N) is 3. The fourth-order valence-corrected chi connectivity index (χ4v) is 3.69. The van der Waals surface area contributed by atoms with Gasteiger partial charge >= 0.3 is 0 Å². The molecule has 0 aliphatic carbocycles. The molecule has 0 N–H and O–H groups in total. The lowest BCUT2D eigenvalue weighted by Gasteiger charge is -2.22. The van der Waals surface area contributed by atoms with Crippen LogP contribution in [0.15, 0.2) is 83.8 Å². The summed E-state index contributed by atoms with van der Waals surface area (Å²) < 4.78 is 7.16. The molecule has 0 radical (unpaired) electrons. The Hall–Kier alpha value is -3.44. The Balaban J connectivity index is 1.60. The summed E-state index contributed by atoms with van der Waals surface area (Å²) in [5.74, 6) is 0.875. The first-order chi connectivity index (χ1) is 15.1. The summed E-state index contributed by atoms with van der Waals surface area (Å²) in [4.78, 5) is 19.7. The molecule has 158 valence electrons. The lowest BCUT2D eigenvalue weighted by Crippen LogP contribution is -2.25. The van der Waals surface area contributed by atoms with E-state index in [-0.39, 0.29) is 5.56 Å². The Morgan fingerprint density at radius 2 is 1.61 bits per heavy atom. The van der Waals surface area contributed by atoms with Gasteiger partial charge in [0, 0.05) is 31.9 Å². The molecule has 2 aromatic carbocycles. The van der Waals surface area contributed by atoms with Crippen LogP contribution < -0.4 is 10.3 Å². The van der Waals surface area contributed by atoms with Crippen LogP contribution in [0, 0.1) is 6.92 Å². The molecule has 0 spiro atoms. The van der Waals surface area contributed by atoms with Gasteiger partial charge in [0.15, 0.2) is 0 Å². The second kappa shape index (κ2) is 9.58. The van der Waals surface area contributed by atoms with Crippen molar-refractivity contribution in [3.8, 4) is 5.75 Å². The van der Waals surface area contributed by atoms with Gasteiger partial charge in [0.2, 0.25) is 0 Å². The number of hydrogen-bond donors (Lipinski definition) is 0. The lowest BCUT2D eigenvalue weighted by molar-refractivity contribution is 0.244. The third-order valence-corrected chi connectivity index (χ3v) is 5.14. The fraction of sp³-hybridized carbons (Fsp3) is 0.231. The Morgan fingerprint density at radius 3 is 2.32 bits per heavy atom. The van der Waals surface area contributed by atoms with Gasteiger partial charge < -0.3 is 4.74 Å². The Labute approximate surface area is 182 Å². The standard InChI is InChI=1S/C26H27N3O2/c1-3-31-24-12-10-22(11-13-24)18-28(17-21-7-5-4-6-8-21)19-23-15-26(30)29-16-20(2)9-14-25(29)27-23/h4-16H,3,17-19H2,1-2H3. The maximum atomic E-state index is 12.6. The van der Waals surface area contributed by atoms with Crippen molar-refractivity contribution in [2.45, 2.75) is 33.5 Å². The molecule has 5 heteroatoms. The zero-order valence-corrected chi connectivity index (χ0v) is 18.0. The molecule has 0 aliphatic rings. The van der Waals surface area contributed by atoms with Crippen LogP contribution in [0.2, 0.25) is 0 Å². The average molecular weight is 414 g/mol. The van der Waals surface area contributed by atoms with Crippen LogP contribution in [0.4, 0.5) is 0 Å². The van der Waals surface area contributed by atoms with E-state index >= 15 is 0 Å². The van der Waals surface area contributed by atoms with Gasteiger partial charge in [-0.1, -0.05) is 48.5 Å². The van der Waals surface area contributed by atoms with E-state index in [9.17, 15) is 4.79 Å². The number of benzene rings is 2. The molecule has 5 nitrogen and oxygen atoms in total. The molecule has 4 aromatic rings. The summed E-state index contributed by atoms with van der Waals surface area (Å²) in [5, 5.41) is 0. The van der Waals surface area contributed by atoms with E-state index < -0.39 is 0 Å². The zero-order valence-electron chi connectivity index (χ0n) is 18.0. The lowest BCUT2D eigenvalue weighted by atomic mass is 10.1. The first kappa shape index (κ1) is 20.8. The minimum atomic E-state index is -0.0515.